The third-order valence-corrected chi connectivity index (χ3v) is 4.80. The Kier molecular flexibility index (Phi) is 4.45. The van der Waals surface area contributed by atoms with E-state index >= 15 is 0 Å². The van der Waals surface area contributed by atoms with E-state index in [4.69, 9.17) is 0 Å². The average molecular weight is 364 g/mol. The van der Waals surface area contributed by atoms with Gasteiger partial charge >= 0.3 is 5.69 Å². The third-order valence-electron chi connectivity index (χ3n) is 4.80. The van der Waals surface area contributed by atoms with E-state index in [9.17, 15) is 9.59 Å². The van der Waals surface area contributed by atoms with Gasteiger partial charge in [0.1, 0.15) is 18.0 Å². The van der Waals surface area contributed by atoms with Crippen LogP contribution in [0.25, 0.3) is 11.1 Å². The third kappa shape index (κ3) is 3.46. The molecule has 1 fully saturated rings. The lowest BCUT2D eigenvalue weighted by Gasteiger charge is -2.19. The zero-order valence-electron chi connectivity index (χ0n) is 14.9. The number of hydrogen-bond acceptors (Lipinski definition) is 6. The van der Waals surface area contributed by atoms with Crippen molar-refractivity contribution in [3.8, 4) is 11.1 Å². The highest BCUT2D eigenvalue weighted by molar-refractivity contribution is 5.74. The molecule has 27 heavy (non-hydrogen) atoms. The second-order valence-corrected chi connectivity index (χ2v) is 6.58. The highest BCUT2D eigenvalue weighted by Crippen LogP contribution is 2.27. The molecule has 0 amide bonds. The van der Waals surface area contributed by atoms with Crippen molar-refractivity contribution in [1.82, 2.24) is 19.5 Å². The summed E-state index contributed by atoms with van der Waals surface area (Å²) >= 11 is 0. The minimum atomic E-state index is -0.406. The SMILES string of the molecule is Cn1c(=O)cc(N2CC[C@H](Nc3ncncc3-c3ccccc3)C2)[nH]c1=O. The number of hydrogen-bond donors (Lipinski definition) is 2. The van der Waals surface area contributed by atoms with Gasteiger partial charge < -0.3 is 10.2 Å². The number of nitrogens with zero attached hydrogens (tertiary/aromatic N) is 4. The molecule has 1 saturated heterocycles. The molecular formula is C19H20N6O2. The largest absolute Gasteiger partial charge is 0.365 e. The van der Waals surface area contributed by atoms with Crippen molar-refractivity contribution in [3.05, 3.63) is 69.8 Å². The van der Waals surface area contributed by atoms with Crippen LogP contribution >= 0.6 is 0 Å². The monoisotopic (exact) mass is 364 g/mol. The van der Waals surface area contributed by atoms with E-state index in [-0.39, 0.29) is 11.6 Å². The zero-order valence-corrected chi connectivity index (χ0v) is 14.9. The fraction of sp³-hybridized carbons (Fsp3) is 0.263. The van der Waals surface area contributed by atoms with Crippen LogP contribution < -0.4 is 21.5 Å². The van der Waals surface area contributed by atoms with Crippen molar-refractivity contribution in [2.75, 3.05) is 23.3 Å². The van der Waals surface area contributed by atoms with Crippen molar-refractivity contribution in [3.63, 3.8) is 0 Å². The van der Waals surface area contributed by atoms with Crippen LogP contribution in [-0.2, 0) is 7.05 Å². The zero-order chi connectivity index (χ0) is 18.8. The lowest BCUT2D eigenvalue weighted by molar-refractivity contribution is 0.760. The van der Waals surface area contributed by atoms with Gasteiger partial charge in [-0.25, -0.2) is 14.8 Å². The number of aromatic nitrogens is 4. The van der Waals surface area contributed by atoms with Crippen LogP contribution in [0.5, 0.6) is 0 Å². The number of rotatable bonds is 4. The Morgan fingerprint density at radius 2 is 2.04 bits per heavy atom. The van der Waals surface area contributed by atoms with Gasteiger partial charge in [0, 0.05) is 44.0 Å². The van der Waals surface area contributed by atoms with Gasteiger partial charge in [0.25, 0.3) is 5.56 Å². The molecule has 0 radical (unpaired) electrons. The molecule has 2 aromatic heterocycles. The molecule has 0 spiro atoms. The molecule has 3 aromatic rings. The van der Waals surface area contributed by atoms with Gasteiger partial charge in [-0.3, -0.25) is 14.3 Å². The summed E-state index contributed by atoms with van der Waals surface area (Å²) in [6.45, 7) is 1.41. The molecule has 0 saturated carbocycles. The Morgan fingerprint density at radius 3 is 2.81 bits per heavy atom. The van der Waals surface area contributed by atoms with Crippen LogP contribution in [0.1, 0.15) is 6.42 Å². The van der Waals surface area contributed by atoms with Gasteiger partial charge in [0.05, 0.1) is 0 Å². The Bertz CT molecular complexity index is 1030. The second kappa shape index (κ2) is 7.06. The molecule has 0 unspecified atom stereocenters. The molecule has 3 heterocycles. The van der Waals surface area contributed by atoms with Crippen molar-refractivity contribution in [2.24, 2.45) is 7.05 Å². The topological polar surface area (TPSA) is 95.9 Å². The number of benzene rings is 1. The van der Waals surface area contributed by atoms with E-state index in [1.54, 1.807) is 6.20 Å². The molecule has 1 aliphatic rings. The number of aromatic amines is 1. The number of nitrogens with one attached hydrogen (secondary N) is 2. The van der Waals surface area contributed by atoms with E-state index < -0.39 is 5.69 Å². The maximum atomic E-state index is 11.9. The summed E-state index contributed by atoms with van der Waals surface area (Å²) in [5, 5.41) is 3.48. The molecule has 138 valence electrons. The van der Waals surface area contributed by atoms with Crippen LogP contribution in [0.3, 0.4) is 0 Å². The molecule has 0 aliphatic carbocycles. The first-order valence-electron chi connectivity index (χ1n) is 8.79. The fourth-order valence-electron chi connectivity index (χ4n) is 3.28. The highest BCUT2D eigenvalue weighted by Gasteiger charge is 2.25. The summed E-state index contributed by atoms with van der Waals surface area (Å²) in [7, 11) is 1.46. The quantitative estimate of drug-likeness (QED) is 0.723. The summed E-state index contributed by atoms with van der Waals surface area (Å²) in [6.07, 6.45) is 4.20. The molecule has 2 N–H and O–H groups in total. The maximum Gasteiger partial charge on any atom is 0.329 e. The Morgan fingerprint density at radius 1 is 1.22 bits per heavy atom. The van der Waals surface area contributed by atoms with E-state index in [2.05, 4.69) is 20.3 Å². The molecule has 8 nitrogen and oxygen atoms in total. The Hall–Kier alpha value is -3.42. The van der Waals surface area contributed by atoms with Gasteiger partial charge in [-0.2, -0.15) is 0 Å². The second-order valence-electron chi connectivity index (χ2n) is 6.58. The minimum absolute atomic E-state index is 0.148. The van der Waals surface area contributed by atoms with E-state index in [0.29, 0.717) is 12.4 Å². The van der Waals surface area contributed by atoms with Gasteiger partial charge in [0.15, 0.2) is 0 Å². The summed E-state index contributed by atoms with van der Waals surface area (Å²) in [4.78, 5) is 37.0. The minimum Gasteiger partial charge on any atom is -0.365 e. The van der Waals surface area contributed by atoms with Crippen LogP contribution in [0.4, 0.5) is 11.6 Å². The van der Waals surface area contributed by atoms with Gasteiger partial charge in [-0.15, -0.1) is 0 Å². The summed E-state index contributed by atoms with van der Waals surface area (Å²) in [6, 6.07) is 11.6. The fourth-order valence-corrected chi connectivity index (χ4v) is 3.28. The van der Waals surface area contributed by atoms with E-state index in [1.165, 1.54) is 19.4 Å². The van der Waals surface area contributed by atoms with Crippen molar-refractivity contribution < 1.29 is 0 Å². The van der Waals surface area contributed by atoms with Crippen LogP contribution in [-0.4, -0.2) is 38.7 Å². The lowest BCUT2D eigenvalue weighted by Crippen LogP contribution is -2.35. The molecular weight excluding hydrogens is 344 g/mol. The first-order valence-corrected chi connectivity index (χ1v) is 8.79. The molecule has 8 heteroatoms. The van der Waals surface area contributed by atoms with Gasteiger partial charge in [-0.1, -0.05) is 30.3 Å². The van der Waals surface area contributed by atoms with Crippen LogP contribution in [0.15, 0.2) is 58.5 Å². The Balaban J connectivity index is 1.53. The van der Waals surface area contributed by atoms with Gasteiger partial charge in [0.2, 0.25) is 0 Å². The standard InChI is InChI=1S/C19H20N6O2/c1-24-17(26)9-16(23-19(24)27)25-8-7-14(11-25)22-18-15(10-20-12-21-18)13-5-3-2-4-6-13/h2-6,9-10,12,14H,7-8,11H2,1H3,(H,23,27)(H,20,21,22)/t14-/m0/s1. The normalized spacial score (nSPS) is 16.5. The predicted octanol–water partition coefficient (Wildman–Crippen LogP) is 1.22. The highest BCUT2D eigenvalue weighted by atomic mass is 16.2. The molecule has 0 bridgehead atoms. The first-order chi connectivity index (χ1) is 13.1. The molecule has 1 atom stereocenters. The summed E-state index contributed by atoms with van der Waals surface area (Å²) in [5.74, 6) is 1.33. The molecule has 4 rings (SSSR count). The van der Waals surface area contributed by atoms with Gasteiger partial charge in [-0.05, 0) is 12.0 Å². The van der Waals surface area contributed by atoms with Crippen molar-refractivity contribution in [2.45, 2.75) is 12.5 Å². The predicted molar refractivity (Wildman–Crippen MR) is 104 cm³/mol. The van der Waals surface area contributed by atoms with Crippen molar-refractivity contribution >= 4 is 11.6 Å². The Labute approximate surface area is 155 Å². The van der Waals surface area contributed by atoms with Crippen LogP contribution in [0, 0.1) is 0 Å². The van der Waals surface area contributed by atoms with Crippen molar-refractivity contribution in [1.29, 1.82) is 0 Å². The molecule has 1 aromatic carbocycles. The number of anilines is 2. The summed E-state index contributed by atoms with van der Waals surface area (Å²) in [5.41, 5.74) is 1.27. The lowest BCUT2D eigenvalue weighted by atomic mass is 10.1. The first kappa shape index (κ1) is 17.0. The summed E-state index contributed by atoms with van der Waals surface area (Å²) < 4.78 is 1.06. The van der Waals surface area contributed by atoms with E-state index in [0.717, 1.165) is 34.5 Å². The van der Waals surface area contributed by atoms with E-state index in [1.807, 2.05) is 35.2 Å². The smallest absolute Gasteiger partial charge is 0.329 e. The molecule has 1 aliphatic heterocycles. The average Bonchev–Trinajstić information content (AvgIpc) is 3.15. The van der Waals surface area contributed by atoms with Crippen LogP contribution in [0.2, 0.25) is 0 Å². The maximum absolute atomic E-state index is 11.9. The number of H-pyrrole nitrogens is 1.